The molecule has 4 aromatic rings. The van der Waals surface area contributed by atoms with E-state index in [-0.39, 0.29) is 0 Å². The van der Waals surface area contributed by atoms with Crippen molar-refractivity contribution in [1.82, 2.24) is 15.0 Å². The van der Waals surface area contributed by atoms with E-state index in [2.05, 4.69) is 15.0 Å². The summed E-state index contributed by atoms with van der Waals surface area (Å²) in [6.07, 6.45) is 5.05. The van der Waals surface area contributed by atoms with Gasteiger partial charge in [0.15, 0.2) is 0 Å². The van der Waals surface area contributed by atoms with Gasteiger partial charge in [0, 0.05) is 23.3 Å². The Morgan fingerprint density at radius 2 is 1.58 bits per heavy atom. The zero-order valence-corrected chi connectivity index (χ0v) is 13.5. The summed E-state index contributed by atoms with van der Waals surface area (Å²) in [5, 5.41) is 2.89. The summed E-state index contributed by atoms with van der Waals surface area (Å²) in [7, 11) is 0. The highest BCUT2D eigenvalue weighted by Crippen LogP contribution is 2.29. The molecule has 0 saturated heterocycles. The molecule has 0 bridgehead atoms. The molecule has 5 heteroatoms. The third-order valence-corrected chi connectivity index (χ3v) is 4.28. The van der Waals surface area contributed by atoms with E-state index in [1.165, 1.54) is 0 Å². The van der Waals surface area contributed by atoms with E-state index in [1.54, 1.807) is 29.9 Å². The van der Waals surface area contributed by atoms with Gasteiger partial charge < -0.3 is 4.74 Å². The third-order valence-electron chi connectivity index (χ3n) is 3.42. The molecule has 4 nitrogen and oxygen atoms in total. The van der Waals surface area contributed by atoms with Crippen LogP contribution >= 0.6 is 11.3 Å². The molecule has 0 spiro atoms. The number of thiazole rings is 1. The molecule has 4 rings (SSSR count). The van der Waals surface area contributed by atoms with Crippen LogP contribution in [0.1, 0.15) is 0 Å². The van der Waals surface area contributed by atoms with Crippen molar-refractivity contribution in [2.45, 2.75) is 0 Å². The zero-order chi connectivity index (χ0) is 16.2. The molecule has 0 aliphatic carbocycles. The second-order valence-electron chi connectivity index (χ2n) is 5.07. The first-order valence-electron chi connectivity index (χ1n) is 7.44. The molecule has 24 heavy (non-hydrogen) atoms. The number of aromatic nitrogens is 3. The molecule has 2 aromatic carbocycles. The number of rotatable bonds is 4. The van der Waals surface area contributed by atoms with Gasteiger partial charge in [0.25, 0.3) is 0 Å². The average Bonchev–Trinajstić information content (AvgIpc) is 3.14. The van der Waals surface area contributed by atoms with Crippen molar-refractivity contribution in [3.05, 3.63) is 78.6 Å². The number of hydrogen-bond acceptors (Lipinski definition) is 5. The van der Waals surface area contributed by atoms with Gasteiger partial charge in [-0.25, -0.2) is 4.98 Å². The van der Waals surface area contributed by atoms with Crippen LogP contribution in [0, 0.1) is 0 Å². The first-order valence-corrected chi connectivity index (χ1v) is 8.32. The molecular formula is C19H13N3OS. The van der Waals surface area contributed by atoms with Crippen molar-refractivity contribution >= 4 is 11.3 Å². The number of nitrogens with zero attached hydrogens (tertiary/aromatic N) is 3. The lowest BCUT2D eigenvalue weighted by Gasteiger charge is -2.05. The number of benzene rings is 2. The van der Waals surface area contributed by atoms with Crippen molar-refractivity contribution in [3.63, 3.8) is 0 Å². The minimum atomic E-state index is 0.790. The monoisotopic (exact) mass is 331 g/mol. The second kappa shape index (κ2) is 6.60. The molecule has 0 aliphatic heterocycles. The van der Waals surface area contributed by atoms with Gasteiger partial charge in [0.2, 0.25) is 0 Å². The fraction of sp³-hybridized carbons (Fsp3) is 0. The molecule has 116 valence electrons. The molecule has 0 saturated carbocycles. The van der Waals surface area contributed by atoms with Gasteiger partial charge in [-0.3, -0.25) is 9.97 Å². The van der Waals surface area contributed by atoms with E-state index >= 15 is 0 Å². The van der Waals surface area contributed by atoms with E-state index in [9.17, 15) is 0 Å². The van der Waals surface area contributed by atoms with Gasteiger partial charge in [-0.05, 0) is 36.4 Å². The Balaban J connectivity index is 1.54. The maximum Gasteiger partial charge on any atom is 0.144 e. The summed E-state index contributed by atoms with van der Waals surface area (Å²) < 4.78 is 5.81. The van der Waals surface area contributed by atoms with Crippen LogP contribution in [0.25, 0.3) is 22.0 Å². The zero-order valence-electron chi connectivity index (χ0n) is 12.7. The van der Waals surface area contributed by atoms with Gasteiger partial charge in [-0.15, -0.1) is 11.3 Å². The maximum atomic E-state index is 5.81. The van der Waals surface area contributed by atoms with E-state index in [4.69, 9.17) is 4.74 Å². The molecule has 0 N–H and O–H groups in total. The highest BCUT2D eigenvalue weighted by molar-refractivity contribution is 7.13. The van der Waals surface area contributed by atoms with E-state index in [1.807, 2.05) is 60.0 Å². The summed E-state index contributed by atoms with van der Waals surface area (Å²) >= 11 is 1.56. The van der Waals surface area contributed by atoms with Crippen LogP contribution in [0.2, 0.25) is 0 Å². The highest BCUT2D eigenvalue weighted by Gasteiger charge is 2.08. The molecule has 0 aliphatic rings. The van der Waals surface area contributed by atoms with E-state index in [0.717, 1.165) is 33.5 Å². The van der Waals surface area contributed by atoms with Gasteiger partial charge in [0.05, 0.1) is 11.9 Å². The van der Waals surface area contributed by atoms with Crippen LogP contribution in [-0.2, 0) is 0 Å². The topological polar surface area (TPSA) is 47.9 Å². The molecule has 0 radical (unpaired) electrons. The molecular weight excluding hydrogens is 318 g/mol. The van der Waals surface area contributed by atoms with Crippen molar-refractivity contribution in [2.24, 2.45) is 0 Å². The first kappa shape index (κ1) is 14.5. The quantitative estimate of drug-likeness (QED) is 0.524. The summed E-state index contributed by atoms with van der Waals surface area (Å²) in [6, 6.07) is 17.6. The summed E-state index contributed by atoms with van der Waals surface area (Å²) in [5.74, 6) is 1.62. The first-order chi connectivity index (χ1) is 11.9. The van der Waals surface area contributed by atoms with Crippen LogP contribution in [0.5, 0.6) is 11.5 Å². The van der Waals surface area contributed by atoms with Crippen molar-refractivity contribution in [1.29, 1.82) is 0 Å². The minimum absolute atomic E-state index is 0.790. The Morgan fingerprint density at radius 3 is 2.33 bits per heavy atom. The van der Waals surface area contributed by atoms with Crippen molar-refractivity contribution < 1.29 is 4.74 Å². The standard InChI is InChI=1S/C19H13N3OS/c1-2-4-15(5-3-1)23-16-8-6-14(7-9-16)18-13-24-19(22-18)17-12-20-10-11-21-17/h1-13H. The lowest BCUT2D eigenvalue weighted by atomic mass is 10.2. The lowest BCUT2D eigenvalue weighted by molar-refractivity contribution is 0.483. The van der Waals surface area contributed by atoms with Crippen LogP contribution in [0.3, 0.4) is 0 Å². The Kier molecular flexibility index (Phi) is 4.00. The van der Waals surface area contributed by atoms with Gasteiger partial charge in [0.1, 0.15) is 22.2 Å². The molecule has 0 unspecified atom stereocenters. The second-order valence-corrected chi connectivity index (χ2v) is 5.93. The van der Waals surface area contributed by atoms with Crippen LogP contribution in [0.15, 0.2) is 78.6 Å². The molecule has 0 atom stereocenters. The number of para-hydroxylation sites is 1. The minimum Gasteiger partial charge on any atom is -0.457 e. The van der Waals surface area contributed by atoms with Crippen LogP contribution < -0.4 is 4.74 Å². The van der Waals surface area contributed by atoms with Gasteiger partial charge in [-0.2, -0.15) is 0 Å². The molecule has 2 aromatic heterocycles. The Bertz CT molecular complexity index is 922. The normalized spacial score (nSPS) is 10.5. The van der Waals surface area contributed by atoms with Crippen molar-refractivity contribution in [3.8, 4) is 33.5 Å². The van der Waals surface area contributed by atoms with Gasteiger partial charge >= 0.3 is 0 Å². The van der Waals surface area contributed by atoms with Crippen molar-refractivity contribution in [2.75, 3.05) is 0 Å². The highest BCUT2D eigenvalue weighted by atomic mass is 32.1. The Labute approximate surface area is 143 Å². The SMILES string of the molecule is c1ccc(Oc2ccc(-c3csc(-c4cnccn4)n3)cc2)cc1. The largest absolute Gasteiger partial charge is 0.457 e. The van der Waals surface area contributed by atoms with E-state index < -0.39 is 0 Å². The van der Waals surface area contributed by atoms with Crippen LogP contribution in [0.4, 0.5) is 0 Å². The Morgan fingerprint density at radius 1 is 0.792 bits per heavy atom. The number of hydrogen-bond donors (Lipinski definition) is 0. The fourth-order valence-corrected chi connectivity index (χ4v) is 3.04. The fourth-order valence-electron chi connectivity index (χ4n) is 2.25. The Hall–Kier alpha value is -3.05. The third kappa shape index (κ3) is 3.16. The molecule has 2 heterocycles. The van der Waals surface area contributed by atoms with Crippen LogP contribution in [-0.4, -0.2) is 15.0 Å². The maximum absolute atomic E-state index is 5.81. The smallest absolute Gasteiger partial charge is 0.144 e. The predicted molar refractivity (Wildman–Crippen MR) is 95.1 cm³/mol. The summed E-state index contributed by atoms with van der Waals surface area (Å²) in [4.78, 5) is 13.0. The molecule has 0 amide bonds. The average molecular weight is 331 g/mol. The molecule has 0 fully saturated rings. The lowest BCUT2D eigenvalue weighted by Crippen LogP contribution is -1.85. The number of ether oxygens (including phenoxy) is 1. The summed E-state index contributed by atoms with van der Waals surface area (Å²) in [5.41, 5.74) is 2.76. The predicted octanol–water partition coefficient (Wildman–Crippen LogP) is 5.06. The van der Waals surface area contributed by atoms with Gasteiger partial charge in [-0.1, -0.05) is 18.2 Å². The summed E-state index contributed by atoms with van der Waals surface area (Å²) in [6.45, 7) is 0. The van der Waals surface area contributed by atoms with E-state index in [0.29, 0.717) is 0 Å².